The summed E-state index contributed by atoms with van der Waals surface area (Å²) in [7, 11) is 0. The highest BCUT2D eigenvalue weighted by Crippen LogP contribution is 2.34. The molecule has 0 spiro atoms. The zero-order valence-electron chi connectivity index (χ0n) is 11.2. The van der Waals surface area contributed by atoms with Gasteiger partial charge in [-0.05, 0) is 58.2 Å². The lowest BCUT2D eigenvalue weighted by Gasteiger charge is -2.12. The number of ether oxygens (including phenoxy) is 1. The third-order valence-electron chi connectivity index (χ3n) is 3.42. The van der Waals surface area contributed by atoms with E-state index in [1.165, 1.54) is 16.7 Å². The molecule has 1 heterocycles. The van der Waals surface area contributed by atoms with Crippen LogP contribution in [0.25, 0.3) is 0 Å². The van der Waals surface area contributed by atoms with E-state index in [9.17, 15) is 0 Å². The zero-order valence-corrected chi connectivity index (χ0v) is 14.3. The maximum Gasteiger partial charge on any atom is 0.127 e. The van der Waals surface area contributed by atoms with Crippen molar-refractivity contribution in [1.82, 2.24) is 0 Å². The van der Waals surface area contributed by atoms with Crippen LogP contribution < -0.4 is 10.1 Å². The molecule has 0 unspecified atom stereocenters. The zero-order chi connectivity index (χ0) is 14.1. The Morgan fingerprint density at radius 2 is 2.05 bits per heavy atom. The highest BCUT2D eigenvalue weighted by molar-refractivity contribution is 9.10. The topological polar surface area (TPSA) is 21.3 Å². The Bertz CT molecular complexity index is 655. The number of rotatable bonds is 3. The van der Waals surface area contributed by atoms with Crippen molar-refractivity contribution in [1.29, 1.82) is 0 Å². The van der Waals surface area contributed by atoms with E-state index in [1.54, 1.807) is 0 Å². The number of fused-ring (bicyclic) bond motifs is 1. The Morgan fingerprint density at radius 3 is 2.85 bits per heavy atom. The third-order valence-corrected chi connectivity index (χ3v) is 4.53. The molecule has 20 heavy (non-hydrogen) atoms. The lowest BCUT2D eigenvalue weighted by molar-refractivity contribution is 0.354. The molecule has 1 N–H and O–H groups in total. The Morgan fingerprint density at radius 1 is 1.20 bits per heavy atom. The van der Waals surface area contributed by atoms with E-state index in [4.69, 9.17) is 4.74 Å². The summed E-state index contributed by atoms with van der Waals surface area (Å²) in [4.78, 5) is 0. The van der Waals surface area contributed by atoms with Crippen LogP contribution >= 0.6 is 31.9 Å². The van der Waals surface area contributed by atoms with Crippen molar-refractivity contribution >= 4 is 37.5 Å². The van der Waals surface area contributed by atoms with Gasteiger partial charge in [0, 0.05) is 33.2 Å². The van der Waals surface area contributed by atoms with Gasteiger partial charge in [-0.1, -0.05) is 22.0 Å². The fraction of sp³-hybridized carbons (Fsp3) is 0.250. The van der Waals surface area contributed by atoms with Gasteiger partial charge in [0.15, 0.2) is 0 Å². The normalized spacial score (nSPS) is 12.9. The van der Waals surface area contributed by atoms with Crippen LogP contribution in [0.1, 0.15) is 16.7 Å². The molecular formula is C16H15Br2NO. The molecule has 1 aliphatic rings. The second kappa shape index (κ2) is 5.78. The minimum absolute atomic E-state index is 0.753. The largest absolute Gasteiger partial charge is 0.493 e. The van der Waals surface area contributed by atoms with Gasteiger partial charge in [0.1, 0.15) is 5.75 Å². The lowest BCUT2D eigenvalue weighted by atomic mass is 10.1. The number of halogens is 2. The van der Waals surface area contributed by atoms with E-state index in [2.05, 4.69) is 74.4 Å². The van der Waals surface area contributed by atoms with Crippen LogP contribution in [-0.2, 0) is 13.0 Å². The molecular weight excluding hydrogens is 382 g/mol. The van der Waals surface area contributed by atoms with Crippen molar-refractivity contribution < 1.29 is 4.74 Å². The highest BCUT2D eigenvalue weighted by Gasteiger charge is 2.17. The van der Waals surface area contributed by atoms with Crippen LogP contribution in [0.4, 0.5) is 5.69 Å². The number of aryl methyl sites for hydroxylation is 1. The number of hydrogen-bond donors (Lipinski definition) is 1. The third kappa shape index (κ3) is 2.86. The van der Waals surface area contributed by atoms with Gasteiger partial charge in [-0.2, -0.15) is 0 Å². The maximum atomic E-state index is 5.75. The van der Waals surface area contributed by atoms with Gasteiger partial charge < -0.3 is 10.1 Å². The molecule has 0 saturated heterocycles. The monoisotopic (exact) mass is 395 g/mol. The molecule has 0 aliphatic carbocycles. The first-order valence-electron chi connectivity index (χ1n) is 6.57. The molecule has 0 fully saturated rings. The molecule has 0 atom stereocenters. The number of hydrogen-bond acceptors (Lipinski definition) is 2. The van der Waals surface area contributed by atoms with Crippen molar-refractivity contribution in [3.63, 3.8) is 0 Å². The minimum atomic E-state index is 0.753. The van der Waals surface area contributed by atoms with Crippen molar-refractivity contribution in [2.45, 2.75) is 19.9 Å². The first-order valence-corrected chi connectivity index (χ1v) is 8.16. The van der Waals surface area contributed by atoms with Crippen molar-refractivity contribution in [2.24, 2.45) is 0 Å². The van der Waals surface area contributed by atoms with Crippen LogP contribution in [0, 0.1) is 6.92 Å². The van der Waals surface area contributed by atoms with Gasteiger partial charge in [0.2, 0.25) is 0 Å². The van der Waals surface area contributed by atoms with Gasteiger partial charge in [0.05, 0.1) is 6.61 Å². The molecule has 0 saturated carbocycles. The SMILES string of the molecule is Cc1ccc(NCc2cc(Br)cc3c2OCC3)c(Br)c1. The number of benzene rings is 2. The maximum absolute atomic E-state index is 5.75. The first kappa shape index (κ1) is 14.0. The van der Waals surface area contributed by atoms with Crippen LogP contribution in [0.15, 0.2) is 39.3 Å². The summed E-state index contributed by atoms with van der Waals surface area (Å²) >= 11 is 7.17. The van der Waals surface area contributed by atoms with Crippen LogP contribution in [-0.4, -0.2) is 6.61 Å². The second-order valence-electron chi connectivity index (χ2n) is 4.99. The van der Waals surface area contributed by atoms with Crippen LogP contribution in [0.2, 0.25) is 0 Å². The molecule has 4 heteroatoms. The van der Waals surface area contributed by atoms with E-state index in [-0.39, 0.29) is 0 Å². The van der Waals surface area contributed by atoms with E-state index < -0.39 is 0 Å². The van der Waals surface area contributed by atoms with Crippen LogP contribution in [0.3, 0.4) is 0 Å². The standard InChI is InChI=1S/C16H15Br2NO/c1-10-2-3-15(14(18)6-10)19-9-12-8-13(17)7-11-4-5-20-16(11)12/h2-3,6-8,19H,4-5,9H2,1H3. The Kier molecular flexibility index (Phi) is 4.03. The van der Waals surface area contributed by atoms with E-state index in [0.29, 0.717) is 0 Å². The van der Waals surface area contributed by atoms with Crippen molar-refractivity contribution in [3.05, 3.63) is 56.0 Å². The van der Waals surface area contributed by atoms with E-state index in [1.807, 2.05) is 0 Å². The molecule has 0 aromatic heterocycles. The molecule has 0 bridgehead atoms. The fourth-order valence-electron chi connectivity index (χ4n) is 2.43. The molecule has 0 amide bonds. The predicted molar refractivity (Wildman–Crippen MR) is 89.5 cm³/mol. The molecule has 2 aromatic carbocycles. The van der Waals surface area contributed by atoms with E-state index in [0.717, 1.165) is 40.0 Å². The molecule has 0 radical (unpaired) electrons. The minimum Gasteiger partial charge on any atom is -0.493 e. The fourth-order valence-corrected chi connectivity index (χ4v) is 3.62. The Hall–Kier alpha value is -1.00. The summed E-state index contributed by atoms with van der Waals surface area (Å²) in [5, 5.41) is 3.47. The van der Waals surface area contributed by atoms with Gasteiger partial charge in [-0.15, -0.1) is 0 Å². The van der Waals surface area contributed by atoms with Gasteiger partial charge >= 0.3 is 0 Å². The van der Waals surface area contributed by atoms with E-state index >= 15 is 0 Å². The highest BCUT2D eigenvalue weighted by atomic mass is 79.9. The molecule has 3 rings (SSSR count). The number of anilines is 1. The summed E-state index contributed by atoms with van der Waals surface area (Å²) in [6, 6.07) is 10.6. The summed E-state index contributed by atoms with van der Waals surface area (Å²) in [6.07, 6.45) is 0.996. The number of nitrogens with one attached hydrogen (secondary N) is 1. The summed E-state index contributed by atoms with van der Waals surface area (Å²) in [6.45, 7) is 3.63. The lowest BCUT2D eigenvalue weighted by Crippen LogP contribution is -2.02. The first-order chi connectivity index (χ1) is 9.63. The Balaban J connectivity index is 1.82. The Labute approximate surface area is 135 Å². The van der Waals surface area contributed by atoms with Crippen molar-refractivity contribution in [2.75, 3.05) is 11.9 Å². The average molecular weight is 397 g/mol. The predicted octanol–water partition coefficient (Wildman–Crippen LogP) is 5.07. The van der Waals surface area contributed by atoms with Gasteiger partial charge in [-0.3, -0.25) is 0 Å². The molecule has 104 valence electrons. The second-order valence-corrected chi connectivity index (χ2v) is 6.76. The molecule has 2 aromatic rings. The summed E-state index contributed by atoms with van der Waals surface area (Å²) in [5.74, 6) is 1.05. The molecule has 2 nitrogen and oxygen atoms in total. The van der Waals surface area contributed by atoms with Gasteiger partial charge in [0.25, 0.3) is 0 Å². The average Bonchev–Trinajstić information content (AvgIpc) is 2.85. The van der Waals surface area contributed by atoms with Gasteiger partial charge in [-0.25, -0.2) is 0 Å². The summed E-state index contributed by atoms with van der Waals surface area (Å²) in [5.41, 5.74) is 4.83. The van der Waals surface area contributed by atoms with Crippen LogP contribution in [0.5, 0.6) is 5.75 Å². The quantitative estimate of drug-likeness (QED) is 0.782. The molecule has 1 aliphatic heterocycles. The van der Waals surface area contributed by atoms with Crippen molar-refractivity contribution in [3.8, 4) is 5.75 Å². The smallest absolute Gasteiger partial charge is 0.127 e. The summed E-state index contributed by atoms with van der Waals surface area (Å²) < 4.78 is 7.95.